The molecule has 0 heterocycles. The van der Waals surface area contributed by atoms with Crippen LogP contribution in [-0.4, -0.2) is 19.4 Å². The number of carbonyl (C=O) groups excluding carboxylic acids is 1. The first-order valence-electron chi connectivity index (χ1n) is 9.33. The van der Waals surface area contributed by atoms with Crippen molar-refractivity contribution in [3.63, 3.8) is 0 Å². The van der Waals surface area contributed by atoms with Crippen molar-refractivity contribution in [2.24, 2.45) is 0 Å². The molecule has 3 aromatic rings. The van der Waals surface area contributed by atoms with Crippen molar-refractivity contribution < 1.29 is 13.2 Å². The summed E-state index contributed by atoms with van der Waals surface area (Å²) in [6, 6.07) is 15.9. The smallest absolute Gasteiger partial charge is 0.261 e. The zero-order chi connectivity index (χ0) is 23.5. The second kappa shape index (κ2) is 9.87. The molecule has 0 spiro atoms. The Balaban J connectivity index is 1.65. The van der Waals surface area contributed by atoms with E-state index in [1.165, 1.54) is 24.3 Å². The molecule has 0 aliphatic rings. The maximum absolute atomic E-state index is 12.7. The lowest BCUT2D eigenvalue weighted by Gasteiger charge is -2.13. The predicted octanol–water partition coefficient (Wildman–Crippen LogP) is 5.54. The highest BCUT2D eigenvalue weighted by atomic mass is 35.5. The number of thiocarbonyl (C=S) groups is 1. The Bertz CT molecular complexity index is 1290. The molecule has 1 amide bonds. The van der Waals surface area contributed by atoms with Gasteiger partial charge in [0.25, 0.3) is 15.9 Å². The van der Waals surface area contributed by atoms with Gasteiger partial charge in [-0.15, -0.1) is 0 Å². The molecule has 0 fully saturated rings. The van der Waals surface area contributed by atoms with Crippen LogP contribution in [0.25, 0.3) is 0 Å². The summed E-state index contributed by atoms with van der Waals surface area (Å²) in [4.78, 5) is 12.4. The fourth-order valence-electron chi connectivity index (χ4n) is 2.86. The number of carbonyl (C=O) groups is 1. The van der Waals surface area contributed by atoms with E-state index >= 15 is 0 Å². The standard InChI is InChI=1S/C22H19Cl2N3O3S2/c1-13-3-10-20(14(2)11-13)27-32(29,30)17-7-5-16(6-8-17)25-22(31)26-21(28)18-9-4-15(23)12-19(18)24/h3-12,27H,1-2H3,(H2,25,26,28,31). The van der Waals surface area contributed by atoms with Crippen molar-refractivity contribution in [3.05, 3.63) is 87.4 Å². The van der Waals surface area contributed by atoms with Crippen molar-refractivity contribution >= 4 is 67.8 Å². The van der Waals surface area contributed by atoms with E-state index in [2.05, 4.69) is 15.4 Å². The summed E-state index contributed by atoms with van der Waals surface area (Å²) < 4.78 is 28.0. The van der Waals surface area contributed by atoms with E-state index in [-0.39, 0.29) is 20.6 Å². The van der Waals surface area contributed by atoms with E-state index in [1.54, 1.807) is 24.3 Å². The fourth-order valence-corrected chi connectivity index (χ4v) is 4.69. The molecular formula is C22H19Cl2N3O3S2. The minimum absolute atomic E-state index is 0.0324. The molecule has 10 heteroatoms. The van der Waals surface area contributed by atoms with Crippen molar-refractivity contribution in [1.29, 1.82) is 0 Å². The van der Waals surface area contributed by atoms with E-state index < -0.39 is 15.9 Å². The zero-order valence-corrected chi connectivity index (χ0v) is 20.2. The SMILES string of the molecule is Cc1ccc(NS(=O)(=O)c2ccc(NC(=S)NC(=O)c3ccc(Cl)cc3Cl)cc2)c(C)c1. The summed E-state index contributed by atoms with van der Waals surface area (Å²) in [5.41, 5.74) is 3.11. The molecule has 0 aromatic heterocycles. The highest BCUT2D eigenvalue weighted by Crippen LogP contribution is 2.23. The number of aryl methyl sites for hydroxylation is 2. The largest absolute Gasteiger partial charge is 0.332 e. The van der Waals surface area contributed by atoms with E-state index in [0.717, 1.165) is 11.1 Å². The normalized spacial score (nSPS) is 11.0. The first kappa shape index (κ1) is 24.0. The number of amides is 1. The molecule has 166 valence electrons. The average Bonchev–Trinajstić information content (AvgIpc) is 2.70. The summed E-state index contributed by atoms with van der Waals surface area (Å²) in [6.07, 6.45) is 0. The number of hydrogen-bond donors (Lipinski definition) is 3. The molecule has 0 radical (unpaired) electrons. The number of benzene rings is 3. The molecule has 3 N–H and O–H groups in total. The van der Waals surface area contributed by atoms with Crippen LogP contribution in [-0.2, 0) is 10.0 Å². The van der Waals surface area contributed by atoms with E-state index in [1.807, 2.05) is 26.0 Å². The van der Waals surface area contributed by atoms with Gasteiger partial charge in [0.15, 0.2) is 5.11 Å². The third kappa shape index (κ3) is 5.98. The molecule has 0 bridgehead atoms. The summed E-state index contributed by atoms with van der Waals surface area (Å²) in [5.74, 6) is -0.499. The van der Waals surface area contributed by atoms with Crippen LogP contribution in [0.15, 0.2) is 65.6 Å². The lowest BCUT2D eigenvalue weighted by Crippen LogP contribution is -2.34. The maximum Gasteiger partial charge on any atom is 0.261 e. The molecule has 0 saturated heterocycles. The third-order valence-electron chi connectivity index (χ3n) is 4.45. The van der Waals surface area contributed by atoms with Crippen molar-refractivity contribution in [2.45, 2.75) is 18.7 Å². The lowest BCUT2D eigenvalue weighted by molar-refractivity contribution is 0.0978. The van der Waals surface area contributed by atoms with Crippen molar-refractivity contribution in [3.8, 4) is 0 Å². The topological polar surface area (TPSA) is 87.3 Å². The van der Waals surface area contributed by atoms with Gasteiger partial charge in [-0.05, 0) is 80.2 Å². The van der Waals surface area contributed by atoms with Gasteiger partial charge in [0, 0.05) is 10.7 Å². The summed E-state index contributed by atoms with van der Waals surface area (Å²) in [6.45, 7) is 3.78. The fraction of sp³-hybridized carbons (Fsp3) is 0.0909. The predicted molar refractivity (Wildman–Crippen MR) is 133 cm³/mol. The Morgan fingerprint density at radius 1 is 0.938 bits per heavy atom. The van der Waals surface area contributed by atoms with Crippen LogP contribution in [0.2, 0.25) is 10.0 Å². The van der Waals surface area contributed by atoms with Crippen LogP contribution in [0.3, 0.4) is 0 Å². The number of anilines is 2. The Kier molecular flexibility index (Phi) is 7.40. The van der Waals surface area contributed by atoms with Gasteiger partial charge in [0.1, 0.15) is 0 Å². The lowest BCUT2D eigenvalue weighted by atomic mass is 10.1. The van der Waals surface area contributed by atoms with Crippen molar-refractivity contribution in [1.82, 2.24) is 5.32 Å². The van der Waals surface area contributed by atoms with Gasteiger partial charge in [-0.3, -0.25) is 14.8 Å². The van der Waals surface area contributed by atoms with Gasteiger partial charge < -0.3 is 5.32 Å². The summed E-state index contributed by atoms with van der Waals surface area (Å²) in [7, 11) is -3.76. The molecule has 6 nitrogen and oxygen atoms in total. The number of sulfonamides is 1. The monoisotopic (exact) mass is 507 g/mol. The average molecular weight is 508 g/mol. The van der Waals surface area contributed by atoms with Gasteiger partial charge in [-0.2, -0.15) is 0 Å². The first-order valence-corrected chi connectivity index (χ1v) is 12.0. The third-order valence-corrected chi connectivity index (χ3v) is 6.58. The Labute approximate surface area is 202 Å². The van der Waals surface area contributed by atoms with Crippen LogP contribution in [0.5, 0.6) is 0 Å². The van der Waals surface area contributed by atoms with Gasteiger partial charge in [0.05, 0.1) is 21.2 Å². The van der Waals surface area contributed by atoms with Crippen LogP contribution < -0.4 is 15.4 Å². The Hall–Kier alpha value is -2.65. The number of nitrogens with one attached hydrogen (secondary N) is 3. The van der Waals surface area contributed by atoms with Crippen LogP contribution in [0, 0.1) is 13.8 Å². The number of rotatable bonds is 5. The molecule has 32 heavy (non-hydrogen) atoms. The van der Waals surface area contributed by atoms with Crippen LogP contribution in [0.1, 0.15) is 21.5 Å². The maximum atomic E-state index is 12.7. The minimum atomic E-state index is -3.76. The number of hydrogen-bond acceptors (Lipinski definition) is 4. The summed E-state index contributed by atoms with van der Waals surface area (Å²) in [5, 5.41) is 5.99. The molecule has 0 aliphatic carbocycles. The molecule has 0 unspecified atom stereocenters. The highest BCUT2D eigenvalue weighted by Gasteiger charge is 2.16. The molecule has 0 atom stereocenters. The zero-order valence-electron chi connectivity index (χ0n) is 17.1. The number of halogens is 2. The Morgan fingerprint density at radius 2 is 1.62 bits per heavy atom. The second-order valence-corrected chi connectivity index (χ2v) is 9.91. The molecule has 0 saturated carbocycles. The van der Waals surface area contributed by atoms with E-state index in [0.29, 0.717) is 16.4 Å². The van der Waals surface area contributed by atoms with Gasteiger partial charge in [-0.25, -0.2) is 8.42 Å². The quantitative estimate of drug-likeness (QED) is 0.394. The van der Waals surface area contributed by atoms with Crippen molar-refractivity contribution in [2.75, 3.05) is 10.0 Å². The van der Waals surface area contributed by atoms with Crippen LogP contribution >= 0.6 is 35.4 Å². The van der Waals surface area contributed by atoms with Gasteiger partial charge >= 0.3 is 0 Å². The molecular weight excluding hydrogens is 489 g/mol. The molecule has 0 aliphatic heterocycles. The van der Waals surface area contributed by atoms with Gasteiger partial charge in [-0.1, -0.05) is 40.9 Å². The first-order chi connectivity index (χ1) is 15.0. The van der Waals surface area contributed by atoms with Crippen LogP contribution in [0.4, 0.5) is 11.4 Å². The van der Waals surface area contributed by atoms with E-state index in [4.69, 9.17) is 35.4 Å². The van der Waals surface area contributed by atoms with Gasteiger partial charge in [0.2, 0.25) is 0 Å². The second-order valence-electron chi connectivity index (χ2n) is 6.98. The highest BCUT2D eigenvalue weighted by molar-refractivity contribution is 7.92. The Morgan fingerprint density at radius 3 is 2.25 bits per heavy atom. The van der Waals surface area contributed by atoms with E-state index in [9.17, 15) is 13.2 Å². The molecule has 3 aromatic carbocycles. The summed E-state index contributed by atoms with van der Waals surface area (Å²) >= 11 is 17.0. The molecule has 3 rings (SSSR count). The minimum Gasteiger partial charge on any atom is -0.332 e.